The van der Waals surface area contributed by atoms with Gasteiger partial charge in [0.25, 0.3) is 0 Å². The van der Waals surface area contributed by atoms with Crippen molar-refractivity contribution in [3.8, 4) is 11.4 Å². The third-order valence-corrected chi connectivity index (χ3v) is 5.98. The van der Waals surface area contributed by atoms with Gasteiger partial charge >= 0.3 is 0 Å². The molecule has 6 heteroatoms. The average Bonchev–Trinajstić information content (AvgIpc) is 3.16. The summed E-state index contributed by atoms with van der Waals surface area (Å²) in [4.78, 5) is 16.3. The van der Waals surface area contributed by atoms with Crippen LogP contribution in [-0.4, -0.2) is 24.6 Å². The minimum atomic E-state index is 0.735. The van der Waals surface area contributed by atoms with E-state index in [1.807, 2.05) is 34.9 Å². The number of rotatable bonds is 1. The second-order valence-corrected chi connectivity index (χ2v) is 7.68. The van der Waals surface area contributed by atoms with Gasteiger partial charge in [-0.25, -0.2) is 9.97 Å². The Hall–Kier alpha value is -2.34. The summed E-state index contributed by atoms with van der Waals surface area (Å²) in [6, 6.07) is 3.89. The lowest BCUT2D eigenvalue weighted by Gasteiger charge is -2.17. The molecule has 0 aliphatic heterocycles. The molecule has 5 rings (SSSR count). The zero-order valence-corrected chi connectivity index (χ0v) is 14.5. The van der Waals surface area contributed by atoms with Gasteiger partial charge in [0.05, 0.1) is 5.39 Å². The smallest absolute Gasteiger partial charge is 0.182 e. The lowest BCUT2D eigenvalue weighted by atomic mass is 9.89. The van der Waals surface area contributed by atoms with Crippen molar-refractivity contribution in [1.82, 2.24) is 24.6 Å². The molecule has 0 saturated carbocycles. The van der Waals surface area contributed by atoms with Crippen LogP contribution in [0.15, 0.2) is 24.5 Å². The minimum absolute atomic E-state index is 0.735. The van der Waals surface area contributed by atoms with Gasteiger partial charge in [0.1, 0.15) is 10.7 Å². The molecule has 0 saturated heterocycles. The van der Waals surface area contributed by atoms with Crippen LogP contribution in [0.3, 0.4) is 0 Å². The van der Waals surface area contributed by atoms with Crippen LogP contribution >= 0.6 is 11.3 Å². The van der Waals surface area contributed by atoms with E-state index >= 15 is 0 Å². The number of nitrogens with zero attached hydrogens (tertiary/aromatic N) is 5. The van der Waals surface area contributed by atoms with E-state index in [1.54, 1.807) is 12.4 Å². The third kappa shape index (κ3) is 1.99. The molecule has 4 aromatic heterocycles. The maximum Gasteiger partial charge on any atom is 0.182 e. The average molecular weight is 335 g/mol. The van der Waals surface area contributed by atoms with E-state index in [0.717, 1.165) is 46.4 Å². The zero-order valence-electron chi connectivity index (χ0n) is 13.7. The molecule has 0 amide bonds. The van der Waals surface area contributed by atoms with E-state index < -0.39 is 0 Å². The van der Waals surface area contributed by atoms with Crippen LogP contribution in [0, 0.1) is 12.8 Å². The highest BCUT2D eigenvalue weighted by atomic mass is 32.1. The molecule has 0 unspecified atom stereocenters. The summed E-state index contributed by atoms with van der Waals surface area (Å²) in [7, 11) is 0. The SMILES string of the molecule is Cc1nc2sc3c(c2c2nc(-c4ccncc4)nn12)CC[C@H](C)C3. The first-order valence-corrected chi connectivity index (χ1v) is 9.10. The van der Waals surface area contributed by atoms with E-state index in [1.165, 1.54) is 22.2 Å². The first kappa shape index (κ1) is 14.0. The predicted octanol–water partition coefficient (Wildman–Crippen LogP) is 3.83. The largest absolute Gasteiger partial charge is 0.265 e. The second kappa shape index (κ2) is 5.08. The topological polar surface area (TPSA) is 56.0 Å². The molecule has 0 bridgehead atoms. The molecule has 5 nitrogen and oxygen atoms in total. The normalized spacial score (nSPS) is 17.5. The first-order valence-electron chi connectivity index (χ1n) is 8.28. The van der Waals surface area contributed by atoms with Crippen molar-refractivity contribution >= 4 is 27.2 Å². The summed E-state index contributed by atoms with van der Waals surface area (Å²) in [5, 5.41) is 5.90. The molecule has 24 heavy (non-hydrogen) atoms. The number of hydrogen-bond donors (Lipinski definition) is 0. The van der Waals surface area contributed by atoms with Gasteiger partial charge in [-0.3, -0.25) is 4.98 Å². The van der Waals surface area contributed by atoms with E-state index in [-0.39, 0.29) is 0 Å². The molecule has 0 aromatic carbocycles. The highest BCUT2D eigenvalue weighted by Crippen LogP contribution is 2.39. The molecule has 4 heterocycles. The van der Waals surface area contributed by atoms with Crippen molar-refractivity contribution in [1.29, 1.82) is 0 Å². The number of aryl methyl sites for hydroxylation is 2. The van der Waals surface area contributed by atoms with Gasteiger partial charge in [-0.05, 0) is 49.8 Å². The van der Waals surface area contributed by atoms with Gasteiger partial charge in [0.15, 0.2) is 11.5 Å². The lowest BCUT2D eigenvalue weighted by molar-refractivity contribution is 0.509. The molecule has 4 aromatic rings. The Balaban J connectivity index is 1.82. The molecule has 0 spiro atoms. The van der Waals surface area contributed by atoms with Gasteiger partial charge in [-0.1, -0.05) is 6.92 Å². The van der Waals surface area contributed by atoms with Crippen LogP contribution in [0.4, 0.5) is 0 Å². The quantitative estimate of drug-likeness (QED) is 0.530. The molecular formula is C18H17N5S. The molecule has 0 N–H and O–H groups in total. The predicted molar refractivity (Wildman–Crippen MR) is 95.3 cm³/mol. The Morgan fingerprint density at radius 1 is 1.21 bits per heavy atom. The summed E-state index contributed by atoms with van der Waals surface area (Å²) < 4.78 is 1.89. The monoisotopic (exact) mass is 335 g/mol. The maximum atomic E-state index is 4.86. The summed E-state index contributed by atoms with van der Waals surface area (Å²) >= 11 is 1.84. The fraction of sp³-hybridized carbons (Fsp3) is 0.333. The fourth-order valence-corrected chi connectivity index (χ4v) is 4.99. The Kier molecular flexibility index (Phi) is 2.97. The summed E-state index contributed by atoms with van der Waals surface area (Å²) in [5.41, 5.74) is 3.37. The number of hydrogen-bond acceptors (Lipinski definition) is 5. The van der Waals surface area contributed by atoms with Crippen molar-refractivity contribution in [2.45, 2.75) is 33.1 Å². The van der Waals surface area contributed by atoms with Crippen LogP contribution in [0.5, 0.6) is 0 Å². The Labute approximate surface area is 143 Å². The zero-order chi connectivity index (χ0) is 16.3. The van der Waals surface area contributed by atoms with Gasteiger partial charge in [-0.15, -0.1) is 16.4 Å². The van der Waals surface area contributed by atoms with Crippen LogP contribution in [0.1, 0.15) is 29.6 Å². The van der Waals surface area contributed by atoms with Gasteiger partial charge < -0.3 is 0 Å². The molecule has 1 aliphatic carbocycles. The van der Waals surface area contributed by atoms with E-state index in [0.29, 0.717) is 0 Å². The molecule has 0 fully saturated rings. The summed E-state index contributed by atoms with van der Waals surface area (Å²) in [6.45, 7) is 4.33. The number of pyridine rings is 1. The first-order chi connectivity index (χ1) is 11.7. The number of aromatic nitrogens is 5. The van der Waals surface area contributed by atoms with Crippen LogP contribution < -0.4 is 0 Å². The van der Waals surface area contributed by atoms with E-state index in [4.69, 9.17) is 15.1 Å². The van der Waals surface area contributed by atoms with Gasteiger partial charge in [-0.2, -0.15) is 4.52 Å². The van der Waals surface area contributed by atoms with Gasteiger partial charge in [0.2, 0.25) is 0 Å². The summed E-state index contributed by atoms with van der Waals surface area (Å²) in [5.74, 6) is 2.38. The van der Waals surface area contributed by atoms with Crippen molar-refractivity contribution in [3.05, 3.63) is 40.8 Å². The molecular weight excluding hydrogens is 318 g/mol. The minimum Gasteiger partial charge on any atom is -0.265 e. The van der Waals surface area contributed by atoms with Gasteiger partial charge in [0, 0.05) is 22.8 Å². The Morgan fingerprint density at radius 3 is 2.88 bits per heavy atom. The second-order valence-electron chi connectivity index (χ2n) is 6.60. The summed E-state index contributed by atoms with van der Waals surface area (Å²) in [6.07, 6.45) is 7.07. The van der Waals surface area contributed by atoms with Crippen LogP contribution in [0.25, 0.3) is 27.3 Å². The van der Waals surface area contributed by atoms with Crippen molar-refractivity contribution in [2.24, 2.45) is 5.92 Å². The maximum absolute atomic E-state index is 4.86. The fourth-order valence-electron chi connectivity index (χ4n) is 3.56. The number of fused-ring (bicyclic) bond motifs is 5. The third-order valence-electron chi connectivity index (χ3n) is 4.83. The highest BCUT2D eigenvalue weighted by Gasteiger charge is 2.24. The van der Waals surface area contributed by atoms with Crippen LogP contribution in [0.2, 0.25) is 0 Å². The molecule has 0 radical (unpaired) electrons. The van der Waals surface area contributed by atoms with Crippen molar-refractivity contribution in [3.63, 3.8) is 0 Å². The van der Waals surface area contributed by atoms with Crippen molar-refractivity contribution < 1.29 is 0 Å². The highest BCUT2D eigenvalue weighted by molar-refractivity contribution is 7.19. The standard InChI is InChI=1S/C18H17N5S/c1-10-3-4-13-14(9-10)24-18-15(13)17-21-16(12-5-7-19-8-6-12)22-23(17)11(2)20-18/h5-8,10H,3-4,9H2,1-2H3/t10-/m0/s1. The van der Waals surface area contributed by atoms with Crippen molar-refractivity contribution in [2.75, 3.05) is 0 Å². The Bertz CT molecular complexity index is 1060. The number of thiophene rings is 1. The van der Waals surface area contributed by atoms with Crippen LogP contribution in [-0.2, 0) is 12.8 Å². The Morgan fingerprint density at radius 2 is 2.04 bits per heavy atom. The molecule has 1 atom stereocenters. The van der Waals surface area contributed by atoms with E-state index in [9.17, 15) is 0 Å². The molecule has 1 aliphatic rings. The lowest BCUT2D eigenvalue weighted by Crippen LogP contribution is -2.08. The molecule has 120 valence electrons. The van der Waals surface area contributed by atoms with E-state index in [2.05, 4.69) is 11.9 Å².